The number of thiazole rings is 1. The van der Waals surface area contributed by atoms with Crippen molar-refractivity contribution in [3.8, 4) is 21.3 Å². The normalized spacial score (nSPS) is 18.6. The van der Waals surface area contributed by atoms with Crippen molar-refractivity contribution < 1.29 is 29.0 Å². The molecule has 6 aromatic rings. The number of aliphatic hydroxyl groups excluding tert-OH is 1. The quantitative estimate of drug-likeness (QED) is 0.113. The number of ether oxygens (including phenoxy) is 1. The zero-order valence-corrected chi connectivity index (χ0v) is 44.4. The molecule has 7 heterocycles. The third-order valence-electron chi connectivity index (χ3n) is 13.7. The van der Waals surface area contributed by atoms with Crippen LogP contribution in [0.2, 0.25) is 5.02 Å². The Bertz CT molecular complexity index is 3070. The van der Waals surface area contributed by atoms with Crippen molar-refractivity contribution in [3.63, 3.8) is 0 Å². The number of hydrogen-bond acceptors (Lipinski definition) is 15. The molecule has 5 atom stereocenters. The van der Waals surface area contributed by atoms with Gasteiger partial charge in [0.25, 0.3) is 5.91 Å². The Hall–Kier alpha value is -6.61. The molecule has 0 aliphatic carbocycles. The van der Waals surface area contributed by atoms with Gasteiger partial charge < -0.3 is 35.2 Å². The van der Waals surface area contributed by atoms with Crippen molar-refractivity contribution in [1.29, 1.82) is 0 Å². The van der Waals surface area contributed by atoms with Gasteiger partial charge in [-0.25, -0.2) is 9.97 Å². The number of aliphatic hydroxyl groups is 1. The molecule has 382 valence electrons. The highest BCUT2D eigenvalue weighted by atomic mass is 35.5. The van der Waals surface area contributed by atoms with Crippen molar-refractivity contribution >= 4 is 69.6 Å². The number of benzene rings is 2. The Labute approximate surface area is 436 Å². The number of aliphatic imine (C=N–C) groups is 1. The first-order chi connectivity index (χ1) is 34.8. The lowest BCUT2D eigenvalue weighted by molar-refractivity contribution is -0.144. The zero-order valence-electron chi connectivity index (χ0n) is 42.0. The lowest BCUT2D eigenvalue weighted by Crippen LogP contribution is -2.58. The minimum absolute atomic E-state index is 0.0555. The van der Waals surface area contributed by atoms with Crippen molar-refractivity contribution in [2.45, 2.75) is 98.5 Å². The Kier molecular flexibility index (Phi) is 14.8. The van der Waals surface area contributed by atoms with E-state index in [2.05, 4.69) is 49.6 Å². The second kappa shape index (κ2) is 21.1. The van der Waals surface area contributed by atoms with Gasteiger partial charge in [-0.15, -0.1) is 32.9 Å². The third kappa shape index (κ3) is 10.9. The van der Waals surface area contributed by atoms with E-state index in [1.54, 1.807) is 34.9 Å². The number of piperazine rings is 1. The van der Waals surface area contributed by atoms with Crippen molar-refractivity contribution in [1.82, 2.24) is 50.1 Å². The monoisotopic (exact) mass is 1050 g/mol. The molecule has 3 N–H and O–H groups in total. The van der Waals surface area contributed by atoms with Gasteiger partial charge in [-0.2, -0.15) is 4.98 Å². The Morgan fingerprint density at radius 1 is 0.918 bits per heavy atom. The maximum Gasteiger partial charge on any atom is 0.258 e. The molecule has 0 spiro atoms. The number of nitrogens with one attached hydrogen (secondary N) is 2. The summed E-state index contributed by atoms with van der Waals surface area (Å²) in [6.07, 6.45) is 0.777. The summed E-state index contributed by atoms with van der Waals surface area (Å²) in [6.45, 7) is 16.6. The molecule has 9 rings (SSSR count). The van der Waals surface area contributed by atoms with Gasteiger partial charge in [-0.1, -0.05) is 68.8 Å². The summed E-state index contributed by atoms with van der Waals surface area (Å²) in [4.78, 5) is 81.8. The second-order valence-corrected chi connectivity index (χ2v) is 22.3. The maximum atomic E-state index is 14.3. The van der Waals surface area contributed by atoms with Crippen LogP contribution in [-0.4, -0.2) is 131 Å². The van der Waals surface area contributed by atoms with Crippen LogP contribution in [0.3, 0.4) is 0 Å². The van der Waals surface area contributed by atoms with Gasteiger partial charge in [0.05, 0.1) is 40.4 Å². The first-order valence-electron chi connectivity index (χ1n) is 24.3. The molecule has 18 nitrogen and oxygen atoms in total. The van der Waals surface area contributed by atoms with Gasteiger partial charge in [0.15, 0.2) is 12.4 Å². The lowest BCUT2D eigenvalue weighted by atomic mass is 9.85. The molecule has 2 aromatic carbocycles. The van der Waals surface area contributed by atoms with Crippen LogP contribution in [-0.2, 0) is 19.2 Å². The number of thiophene rings is 1. The highest BCUT2D eigenvalue weighted by Crippen LogP contribution is 2.40. The second-order valence-electron chi connectivity index (χ2n) is 19.8. The fourth-order valence-electron chi connectivity index (χ4n) is 9.51. The molecule has 2 fully saturated rings. The average Bonchev–Trinajstić information content (AvgIpc) is 4.14. The topological polar surface area (TPSA) is 213 Å². The number of likely N-dealkylation sites (tertiary alicyclic amines) is 1. The minimum Gasteiger partial charge on any atom is -0.467 e. The highest BCUT2D eigenvalue weighted by Gasteiger charge is 2.45. The molecule has 0 radical (unpaired) electrons. The van der Waals surface area contributed by atoms with Gasteiger partial charge >= 0.3 is 0 Å². The summed E-state index contributed by atoms with van der Waals surface area (Å²) < 4.78 is 7.89. The zero-order chi connectivity index (χ0) is 51.9. The van der Waals surface area contributed by atoms with Crippen molar-refractivity contribution in [3.05, 3.63) is 116 Å². The van der Waals surface area contributed by atoms with Gasteiger partial charge in [0.1, 0.15) is 29.0 Å². The number of carbonyl (C=O) groups excluding carboxylic acids is 4. The van der Waals surface area contributed by atoms with Crippen LogP contribution >= 0.6 is 34.3 Å². The number of amides is 4. The number of β-amino-alcohol motifs (C(OH)–C–C–N with tert-alkyl or cyclic N) is 1. The van der Waals surface area contributed by atoms with Crippen LogP contribution in [0.4, 0.5) is 5.95 Å². The fourth-order valence-corrected chi connectivity index (χ4v) is 11.7. The van der Waals surface area contributed by atoms with Crippen LogP contribution in [0, 0.1) is 33.1 Å². The maximum absolute atomic E-state index is 14.3. The molecular formula is C52H59ClN12O6S2. The number of anilines is 1. The number of fused-ring (bicyclic) bond motifs is 3. The number of hydrogen-bond donors (Lipinski definition) is 3. The molecule has 3 aliphatic heterocycles. The summed E-state index contributed by atoms with van der Waals surface area (Å²) >= 11 is 9.52. The molecule has 0 saturated carbocycles. The van der Waals surface area contributed by atoms with E-state index < -0.39 is 54.0 Å². The summed E-state index contributed by atoms with van der Waals surface area (Å²) in [7, 11) is 0. The highest BCUT2D eigenvalue weighted by molar-refractivity contribution is 7.15. The minimum atomic E-state index is -1.05. The smallest absolute Gasteiger partial charge is 0.258 e. The SMILES string of the molecule is Cc1ncsc1-c1ccc([C@H](C)NC(=O)[C@@H]2C[C@@H](O)CN2C(=O)[C@@H](NC(=O)COc2ccnc(N3CCN(C(=O)C[C@@H]4N=C(c5ccc(Cl)cc5)c5c(sc(C)c5C)-n5c(C)nnc54)CC3)n2)C(C)(C)C)cc1. The van der Waals surface area contributed by atoms with Gasteiger partial charge in [0.2, 0.25) is 29.5 Å². The van der Waals surface area contributed by atoms with Gasteiger partial charge in [0, 0.05) is 72.4 Å². The lowest BCUT2D eigenvalue weighted by Gasteiger charge is -2.35. The fraction of sp³-hybridized carbons (Fsp3) is 0.423. The molecular weight excluding hydrogens is 988 g/mol. The van der Waals surface area contributed by atoms with E-state index >= 15 is 0 Å². The number of aryl methyl sites for hydroxylation is 3. The Balaban J connectivity index is 0.800. The summed E-state index contributed by atoms with van der Waals surface area (Å²) in [6, 6.07) is 14.1. The molecule has 3 aliphatic rings. The number of halogens is 1. The van der Waals surface area contributed by atoms with Crippen LogP contribution in [0.15, 0.2) is 71.3 Å². The molecule has 4 aromatic heterocycles. The van der Waals surface area contributed by atoms with Crippen LogP contribution in [0.1, 0.15) is 97.1 Å². The summed E-state index contributed by atoms with van der Waals surface area (Å²) in [5.41, 5.74) is 7.70. The van der Waals surface area contributed by atoms with E-state index in [4.69, 9.17) is 21.3 Å². The first kappa shape index (κ1) is 51.3. The summed E-state index contributed by atoms with van der Waals surface area (Å²) in [5, 5.41) is 27.2. The predicted molar refractivity (Wildman–Crippen MR) is 281 cm³/mol. The number of aromatic nitrogens is 6. The molecule has 4 amide bonds. The number of rotatable bonds is 13. The predicted octanol–water partition coefficient (Wildman–Crippen LogP) is 6.51. The Morgan fingerprint density at radius 3 is 2.32 bits per heavy atom. The van der Waals surface area contributed by atoms with Crippen LogP contribution in [0.5, 0.6) is 5.88 Å². The van der Waals surface area contributed by atoms with E-state index in [1.807, 2.05) is 110 Å². The average molecular weight is 1050 g/mol. The Morgan fingerprint density at radius 2 is 1.63 bits per heavy atom. The van der Waals surface area contributed by atoms with Crippen molar-refractivity contribution in [2.75, 3.05) is 44.2 Å². The largest absolute Gasteiger partial charge is 0.467 e. The standard InChI is InChI=1S/C52H59ClN12O6S2/c1-28-31(4)73-50-43(28)44(34-13-15-36(53)16-14-34)57-38(47-61-60-32(5)65(47)50)24-42(68)62-19-21-63(22-20-62)51-54-18-17-41(59-51)71-26-40(67)58-46(52(6,7)8)49(70)64-25-37(66)23-39(64)48(69)56-29(2)33-9-11-35(12-10-33)45-30(3)55-27-72-45/h9-18,27,29,37-39,46,66H,19-26H2,1-8H3,(H,56,69)(H,58,67)/t29-,37+,38-,39-,46+/m0/s1. The number of nitrogens with zero attached hydrogens (tertiary/aromatic N) is 10. The van der Waals surface area contributed by atoms with E-state index in [9.17, 15) is 24.3 Å². The van der Waals surface area contributed by atoms with Crippen LogP contribution < -0.4 is 20.3 Å². The first-order valence-corrected chi connectivity index (χ1v) is 26.4. The van der Waals surface area contributed by atoms with Crippen LogP contribution in [0.25, 0.3) is 15.4 Å². The van der Waals surface area contributed by atoms with E-state index in [0.717, 1.165) is 59.8 Å². The van der Waals surface area contributed by atoms with Gasteiger partial charge in [-0.3, -0.25) is 28.7 Å². The van der Waals surface area contributed by atoms with E-state index in [0.29, 0.717) is 43.0 Å². The molecule has 2 saturated heterocycles. The molecule has 0 bridgehead atoms. The van der Waals surface area contributed by atoms with Gasteiger partial charge in [-0.05, 0) is 68.9 Å². The third-order valence-corrected chi connectivity index (χ3v) is 16.1. The number of carbonyl (C=O) groups is 4. The van der Waals surface area contributed by atoms with E-state index in [1.165, 1.54) is 4.90 Å². The molecule has 0 unspecified atom stereocenters. The van der Waals surface area contributed by atoms with Crippen molar-refractivity contribution in [2.24, 2.45) is 10.4 Å². The summed E-state index contributed by atoms with van der Waals surface area (Å²) in [5.74, 6) is 0.341. The van der Waals surface area contributed by atoms with E-state index in [-0.39, 0.29) is 37.2 Å². The molecule has 21 heteroatoms. The molecule has 73 heavy (non-hydrogen) atoms.